The number of hydrogen-bond acceptors (Lipinski definition) is 2. The molecule has 1 N–H and O–H groups in total. The maximum absolute atomic E-state index is 5.87. The van der Waals surface area contributed by atoms with Crippen LogP contribution in [0.3, 0.4) is 0 Å². The summed E-state index contributed by atoms with van der Waals surface area (Å²) in [5.74, 6) is 2.40. The van der Waals surface area contributed by atoms with Crippen LogP contribution in [0.15, 0.2) is 46.9 Å². The Labute approximate surface area is 135 Å². The van der Waals surface area contributed by atoms with Crippen LogP contribution < -0.4 is 10.1 Å². The maximum atomic E-state index is 5.87. The molecule has 2 rings (SSSR count). The summed E-state index contributed by atoms with van der Waals surface area (Å²) in [6.07, 6.45) is 0. The van der Waals surface area contributed by atoms with Crippen LogP contribution in [-0.4, -0.2) is 6.54 Å². The van der Waals surface area contributed by atoms with Gasteiger partial charge in [0.1, 0.15) is 11.5 Å². The highest BCUT2D eigenvalue weighted by Crippen LogP contribution is 2.25. The summed E-state index contributed by atoms with van der Waals surface area (Å²) >= 11 is 3.42. The number of rotatable bonds is 6. The zero-order valence-electron chi connectivity index (χ0n) is 12.8. The third kappa shape index (κ3) is 5.18. The number of ether oxygens (including phenoxy) is 1. The molecule has 0 fully saturated rings. The second-order valence-corrected chi connectivity index (χ2v) is 6.58. The van der Waals surface area contributed by atoms with Gasteiger partial charge in [0.15, 0.2) is 0 Å². The molecule has 0 spiro atoms. The summed E-state index contributed by atoms with van der Waals surface area (Å²) < 4.78 is 6.92. The van der Waals surface area contributed by atoms with Gasteiger partial charge in [0.25, 0.3) is 0 Å². The van der Waals surface area contributed by atoms with E-state index < -0.39 is 0 Å². The maximum Gasteiger partial charge on any atom is 0.127 e. The molecule has 0 aliphatic rings. The topological polar surface area (TPSA) is 21.3 Å². The summed E-state index contributed by atoms with van der Waals surface area (Å²) in [7, 11) is 0. The largest absolute Gasteiger partial charge is 0.457 e. The van der Waals surface area contributed by atoms with E-state index in [9.17, 15) is 0 Å². The Kier molecular flexibility index (Phi) is 5.83. The molecular weight excluding hydrogens is 326 g/mol. The quantitative estimate of drug-likeness (QED) is 0.765. The van der Waals surface area contributed by atoms with Crippen molar-refractivity contribution in [1.82, 2.24) is 5.32 Å². The zero-order valence-corrected chi connectivity index (χ0v) is 14.4. The summed E-state index contributed by atoms with van der Waals surface area (Å²) in [5, 5.41) is 3.47. The Hall–Kier alpha value is -1.32. The average Bonchev–Trinajstić information content (AvgIpc) is 2.43. The Balaban J connectivity index is 1.99. The van der Waals surface area contributed by atoms with Gasteiger partial charge in [-0.05, 0) is 66.9 Å². The van der Waals surface area contributed by atoms with Crippen molar-refractivity contribution < 1.29 is 4.74 Å². The van der Waals surface area contributed by atoms with Crippen molar-refractivity contribution in [2.45, 2.75) is 27.3 Å². The van der Waals surface area contributed by atoms with Crippen molar-refractivity contribution in [3.63, 3.8) is 0 Å². The fraction of sp³-hybridized carbons (Fsp3) is 0.333. The molecule has 0 aromatic heterocycles. The van der Waals surface area contributed by atoms with Gasteiger partial charge in [0.05, 0.1) is 0 Å². The van der Waals surface area contributed by atoms with Crippen LogP contribution in [-0.2, 0) is 6.54 Å². The number of nitrogens with one attached hydrogen (secondary N) is 1. The van der Waals surface area contributed by atoms with Crippen molar-refractivity contribution in [1.29, 1.82) is 0 Å². The van der Waals surface area contributed by atoms with Gasteiger partial charge in [-0.2, -0.15) is 0 Å². The minimum atomic E-state index is 0.672. The van der Waals surface area contributed by atoms with Crippen molar-refractivity contribution in [3.8, 4) is 11.5 Å². The number of hydrogen-bond donors (Lipinski definition) is 1. The molecule has 2 aromatic rings. The van der Waals surface area contributed by atoms with E-state index in [1.165, 1.54) is 11.1 Å². The molecule has 2 aromatic carbocycles. The van der Waals surface area contributed by atoms with Crippen LogP contribution >= 0.6 is 15.9 Å². The first kappa shape index (κ1) is 16.1. The summed E-state index contributed by atoms with van der Waals surface area (Å²) in [5.41, 5.74) is 2.57. The van der Waals surface area contributed by atoms with Crippen molar-refractivity contribution >= 4 is 15.9 Å². The van der Waals surface area contributed by atoms with Gasteiger partial charge in [0.2, 0.25) is 0 Å². The van der Waals surface area contributed by atoms with Crippen LogP contribution in [0.1, 0.15) is 25.0 Å². The van der Waals surface area contributed by atoms with E-state index in [0.717, 1.165) is 29.1 Å². The molecule has 2 nitrogen and oxygen atoms in total. The van der Waals surface area contributed by atoms with E-state index >= 15 is 0 Å². The average molecular weight is 348 g/mol. The number of aryl methyl sites for hydroxylation is 1. The summed E-state index contributed by atoms with van der Waals surface area (Å²) in [4.78, 5) is 0. The summed E-state index contributed by atoms with van der Waals surface area (Å²) in [6.45, 7) is 8.50. The second kappa shape index (κ2) is 7.62. The van der Waals surface area contributed by atoms with Crippen molar-refractivity contribution in [3.05, 3.63) is 58.1 Å². The lowest BCUT2D eigenvalue weighted by atomic mass is 10.1. The van der Waals surface area contributed by atoms with Crippen LogP contribution in [0, 0.1) is 12.8 Å². The van der Waals surface area contributed by atoms with Crippen LogP contribution in [0.2, 0.25) is 0 Å². The lowest BCUT2D eigenvalue weighted by Gasteiger charge is -2.12. The van der Waals surface area contributed by atoms with Gasteiger partial charge < -0.3 is 10.1 Å². The molecule has 3 heteroatoms. The van der Waals surface area contributed by atoms with Crippen LogP contribution in [0.5, 0.6) is 11.5 Å². The van der Waals surface area contributed by atoms with E-state index in [1.807, 2.05) is 30.3 Å². The van der Waals surface area contributed by atoms with E-state index in [4.69, 9.17) is 4.74 Å². The zero-order chi connectivity index (χ0) is 15.2. The third-order valence-electron chi connectivity index (χ3n) is 3.23. The van der Waals surface area contributed by atoms with Gasteiger partial charge >= 0.3 is 0 Å². The first-order valence-electron chi connectivity index (χ1n) is 7.28. The van der Waals surface area contributed by atoms with Crippen LogP contribution in [0.25, 0.3) is 0 Å². The second-order valence-electron chi connectivity index (χ2n) is 5.67. The molecule has 0 atom stereocenters. The molecule has 0 saturated carbocycles. The van der Waals surface area contributed by atoms with Crippen molar-refractivity contribution in [2.75, 3.05) is 6.54 Å². The lowest BCUT2D eigenvalue weighted by molar-refractivity contribution is 0.481. The lowest BCUT2D eigenvalue weighted by Crippen LogP contribution is -2.19. The Morgan fingerprint density at radius 3 is 2.33 bits per heavy atom. The first-order chi connectivity index (χ1) is 10.0. The molecule has 112 valence electrons. The molecule has 0 unspecified atom stereocenters. The molecule has 0 bridgehead atoms. The Morgan fingerprint density at radius 2 is 1.71 bits per heavy atom. The normalized spacial score (nSPS) is 10.9. The van der Waals surface area contributed by atoms with E-state index in [2.05, 4.69) is 54.2 Å². The molecule has 21 heavy (non-hydrogen) atoms. The Morgan fingerprint density at radius 1 is 1.05 bits per heavy atom. The minimum absolute atomic E-state index is 0.672. The molecular formula is C18H22BrNO. The minimum Gasteiger partial charge on any atom is -0.457 e. The van der Waals surface area contributed by atoms with Gasteiger partial charge in [-0.25, -0.2) is 0 Å². The van der Waals surface area contributed by atoms with E-state index in [0.29, 0.717) is 5.92 Å². The fourth-order valence-corrected chi connectivity index (χ4v) is 2.33. The number of halogens is 1. The predicted octanol–water partition coefficient (Wildman–Crippen LogP) is 5.30. The SMILES string of the molecule is Cc1cc(Oc2ccc(Br)cc2)ccc1CNCC(C)C. The smallest absolute Gasteiger partial charge is 0.127 e. The first-order valence-corrected chi connectivity index (χ1v) is 8.07. The van der Waals surface area contributed by atoms with Crippen molar-refractivity contribution in [2.24, 2.45) is 5.92 Å². The van der Waals surface area contributed by atoms with Gasteiger partial charge in [-0.1, -0.05) is 35.8 Å². The molecule has 0 radical (unpaired) electrons. The third-order valence-corrected chi connectivity index (χ3v) is 3.76. The molecule has 0 aliphatic heterocycles. The van der Waals surface area contributed by atoms with E-state index in [1.54, 1.807) is 0 Å². The van der Waals surface area contributed by atoms with Gasteiger partial charge in [-0.3, -0.25) is 0 Å². The van der Waals surface area contributed by atoms with Gasteiger partial charge in [-0.15, -0.1) is 0 Å². The Bertz CT molecular complexity index is 578. The highest BCUT2D eigenvalue weighted by molar-refractivity contribution is 9.10. The summed E-state index contributed by atoms with van der Waals surface area (Å²) in [6, 6.07) is 14.1. The molecule has 0 aliphatic carbocycles. The van der Waals surface area contributed by atoms with Crippen LogP contribution in [0.4, 0.5) is 0 Å². The standard InChI is InChI=1S/C18H22BrNO/c1-13(2)11-20-12-15-4-7-18(10-14(15)3)21-17-8-5-16(19)6-9-17/h4-10,13,20H,11-12H2,1-3H3. The van der Waals surface area contributed by atoms with E-state index in [-0.39, 0.29) is 0 Å². The number of benzene rings is 2. The molecule has 0 heterocycles. The fourth-order valence-electron chi connectivity index (χ4n) is 2.06. The predicted molar refractivity (Wildman–Crippen MR) is 91.9 cm³/mol. The molecule has 0 amide bonds. The monoisotopic (exact) mass is 347 g/mol. The highest BCUT2D eigenvalue weighted by Gasteiger charge is 2.03. The van der Waals surface area contributed by atoms with Gasteiger partial charge in [0, 0.05) is 11.0 Å². The highest BCUT2D eigenvalue weighted by atomic mass is 79.9. The molecule has 0 saturated heterocycles.